The highest BCUT2D eigenvalue weighted by molar-refractivity contribution is 6.03. The van der Waals surface area contributed by atoms with Crippen LogP contribution in [0.4, 0.5) is 4.79 Å². The van der Waals surface area contributed by atoms with Crippen molar-refractivity contribution in [2.24, 2.45) is 52.8 Å². The van der Waals surface area contributed by atoms with E-state index in [1.54, 1.807) is 5.57 Å². The molecule has 1 aliphatic heterocycles. The van der Waals surface area contributed by atoms with Crippen molar-refractivity contribution in [3.8, 4) is 0 Å². The zero-order valence-corrected chi connectivity index (χ0v) is 28.9. The molecule has 5 aliphatic rings. The van der Waals surface area contributed by atoms with E-state index in [-0.39, 0.29) is 37.6 Å². The minimum absolute atomic E-state index is 0.0288. The van der Waals surface area contributed by atoms with E-state index in [1.165, 1.54) is 56.3 Å². The number of allylic oxidation sites excluding steroid dienone is 1. The summed E-state index contributed by atoms with van der Waals surface area (Å²) in [4.78, 5) is 49.1. The number of unbranched alkanes of at least 4 members (excludes halogenated alkanes) is 2. The average Bonchev–Trinajstić information content (AvgIpc) is 3.58. The summed E-state index contributed by atoms with van der Waals surface area (Å²) in [7, 11) is 0. The van der Waals surface area contributed by atoms with Gasteiger partial charge in [-0.25, -0.2) is 4.79 Å². The predicted molar refractivity (Wildman–Crippen MR) is 178 cm³/mol. The fourth-order valence-electron chi connectivity index (χ4n) is 10.6. The number of carboxylic acids is 1. The summed E-state index contributed by atoms with van der Waals surface area (Å²) in [5.74, 6) is 2.86. The molecule has 8 nitrogen and oxygen atoms in total. The molecule has 2 amide bonds. The van der Waals surface area contributed by atoms with Crippen LogP contribution in [0.3, 0.4) is 0 Å². The van der Waals surface area contributed by atoms with Crippen LogP contribution in [0.25, 0.3) is 0 Å². The third-order valence-electron chi connectivity index (χ3n) is 13.0. The van der Waals surface area contributed by atoms with Crippen LogP contribution in [0.5, 0.6) is 0 Å². The van der Waals surface area contributed by atoms with Gasteiger partial charge in [0.2, 0.25) is 5.91 Å². The van der Waals surface area contributed by atoms with E-state index in [2.05, 4.69) is 39.1 Å². The molecule has 258 valence electrons. The van der Waals surface area contributed by atoms with Gasteiger partial charge >= 0.3 is 12.1 Å². The molecular formula is C38H60N2O6. The molecule has 0 aromatic rings. The molecule has 0 aromatic carbocycles. The maximum absolute atomic E-state index is 12.6. The first-order valence-corrected chi connectivity index (χ1v) is 18.6. The standard InChI is InChI=1S/C38H60N2O6/c1-24(2)9-8-10-25(3)32-16-17-33-30-14-12-26-21-27(13-15-28(26)29(30)18-19-38(32,33)4)46-37(45)39-20-7-5-6-11-35(42)40-22-31(36(43)44)34(41)23-40/h12,24-25,27-33H,5-11,13-23H2,1-4H3,(H,39,45)(H,43,44)/t25?,27-,28?,29?,30?,31?,32+,33?,38+/m0/s1. The lowest BCUT2D eigenvalue weighted by molar-refractivity contribution is -0.144. The first-order valence-electron chi connectivity index (χ1n) is 18.6. The number of likely N-dealkylation sites (tertiary alicyclic amines) is 1. The average molecular weight is 641 g/mol. The Morgan fingerprint density at radius 1 is 1.02 bits per heavy atom. The quantitative estimate of drug-likeness (QED) is 0.123. The number of aliphatic carboxylic acids is 1. The van der Waals surface area contributed by atoms with Crippen LogP contribution < -0.4 is 5.32 Å². The van der Waals surface area contributed by atoms with Gasteiger partial charge < -0.3 is 20.1 Å². The Hall–Kier alpha value is -2.38. The van der Waals surface area contributed by atoms with Crippen molar-refractivity contribution in [1.29, 1.82) is 0 Å². The summed E-state index contributed by atoms with van der Waals surface area (Å²) in [5.41, 5.74) is 2.06. The number of Topliss-reactive ketones (excluding diaryl/α,β-unsaturated/α-hetero) is 1. The number of carbonyl (C=O) groups is 4. The van der Waals surface area contributed by atoms with Crippen LogP contribution in [-0.4, -0.2) is 59.5 Å². The van der Waals surface area contributed by atoms with Crippen molar-refractivity contribution in [1.82, 2.24) is 10.2 Å². The van der Waals surface area contributed by atoms with Crippen LogP contribution in [0.15, 0.2) is 11.6 Å². The molecule has 6 unspecified atom stereocenters. The minimum Gasteiger partial charge on any atom is -0.481 e. The van der Waals surface area contributed by atoms with Crippen molar-refractivity contribution in [3.05, 3.63) is 11.6 Å². The number of carbonyl (C=O) groups excluding carboxylic acids is 3. The van der Waals surface area contributed by atoms with E-state index in [0.717, 1.165) is 67.6 Å². The molecule has 0 bridgehead atoms. The Morgan fingerprint density at radius 3 is 2.57 bits per heavy atom. The largest absolute Gasteiger partial charge is 0.481 e. The van der Waals surface area contributed by atoms with Crippen molar-refractivity contribution in [3.63, 3.8) is 0 Å². The smallest absolute Gasteiger partial charge is 0.407 e. The lowest BCUT2D eigenvalue weighted by Gasteiger charge is -2.54. The molecule has 1 saturated heterocycles. The molecule has 0 radical (unpaired) electrons. The van der Waals surface area contributed by atoms with Gasteiger partial charge in [-0.1, -0.05) is 65.0 Å². The topological polar surface area (TPSA) is 113 Å². The molecule has 1 heterocycles. The monoisotopic (exact) mass is 640 g/mol. The minimum atomic E-state index is -1.16. The van der Waals surface area contributed by atoms with Gasteiger partial charge in [0, 0.05) is 25.9 Å². The maximum atomic E-state index is 12.6. The second-order valence-electron chi connectivity index (χ2n) is 16.3. The molecule has 46 heavy (non-hydrogen) atoms. The summed E-state index contributed by atoms with van der Waals surface area (Å²) in [6.45, 7) is 10.3. The summed E-state index contributed by atoms with van der Waals surface area (Å²) >= 11 is 0. The van der Waals surface area contributed by atoms with E-state index in [1.807, 2.05) is 0 Å². The highest BCUT2D eigenvalue weighted by atomic mass is 16.6. The van der Waals surface area contributed by atoms with Gasteiger partial charge in [0.05, 0.1) is 6.54 Å². The molecule has 2 N–H and O–H groups in total. The Balaban J connectivity index is 1.00. The van der Waals surface area contributed by atoms with Gasteiger partial charge in [-0.3, -0.25) is 14.4 Å². The Bertz CT molecular complexity index is 1150. The highest BCUT2D eigenvalue weighted by Crippen LogP contribution is 2.64. The van der Waals surface area contributed by atoms with Crippen LogP contribution in [-0.2, 0) is 19.1 Å². The molecule has 4 aliphatic carbocycles. The zero-order valence-electron chi connectivity index (χ0n) is 28.9. The number of ether oxygens (including phenoxy) is 1. The van der Waals surface area contributed by atoms with Gasteiger partial charge in [-0.15, -0.1) is 0 Å². The summed E-state index contributed by atoms with van der Waals surface area (Å²) < 4.78 is 5.87. The van der Waals surface area contributed by atoms with E-state index in [4.69, 9.17) is 9.84 Å². The summed E-state index contributed by atoms with van der Waals surface area (Å²) in [6.07, 6.45) is 18.4. The highest BCUT2D eigenvalue weighted by Gasteiger charge is 2.56. The second-order valence-corrected chi connectivity index (χ2v) is 16.3. The number of fused-ring (bicyclic) bond motifs is 5. The number of amides is 2. The molecule has 5 rings (SSSR count). The van der Waals surface area contributed by atoms with Crippen molar-refractivity contribution in [2.45, 2.75) is 130 Å². The van der Waals surface area contributed by atoms with Crippen LogP contribution >= 0.6 is 0 Å². The first kappa shape index (κ1) is 34.9. The molecule has 0 spiro atoms. The number of nitrogens with one attached hydrogen (secondary N) is 1. The Labute approximate surface area is 276 Å². The van der Waals surface area contributed by atoms with Crippen molar-refractivity contribution in [2.75, 3.05) is 19.6 Å². The van der Waals surface area contributed by atoms with E-state index in [9.17, 15) is 19.2 Å². The van der Waals surface area contributed by atoms with Crippen molar-refractivity contribution >= 4 is 23.8 Å². The molecule has 8 heteroatoms. The maximum Gasteiger partial charge on any atom is 0.407 e. The van der Waals surface area contributed by atoms with Gasteiger partial charge in [0.15, 0.2) is 5.78 Å². The van der Waals surface area contributed by atoms with Gasteiger partial charge in [0.25, 0.3) is 0 Å². The van der Waals surface area contributed by atoms with Gasteiger partial charge in [-0.2, -0.15) is 0 Å². The lowest BCUT2D eigenvalue weighted by Crippen LogP contribution is -2.47. The van der Waals surface area contributed by atoms with Crippen LogP contribution in [0.2, 0.25) is 0 Å². The van der Waals surface area contributed by atoms with Crippen LogP contribution in [0.1, 0.15) is 124 Å². The fourth-order valence-corrected chi connectivity index (χ4v) is 10.6. The lowest BCUT2D eigenvalue weighted by atomic mass is 9.51. The van der Waals surface area contributed by atoms with Gasteiger partial charge in [0.1, 0.15) is 12.0 Å². The molecule has 0 aromatic heterocycles. The number of hydrogen-bond acceptors (Lipinski definition) is 5. The Kier molecular flexibility index (Phi) is 11.6. The number of nitrogens with zero attached hydrogens (tertiary/aromatic N) is 1. The van der Waals surface area contributed by atoms with E-state index in [0.29, 0.717) is 24.3 Å². The number of carboxylic acid groups (broad SMARTS) is 1. The number of ketones is 1. The van der Waals surface area contributed by atoms with Gasteiger partial charge in [-0.05, 0) is 105 Å². The number of rotatable bonds is 13. The third-order valence-corrected chi connectivity index (χ3v) is 13.0. The van der Waals surface area contributed by atoms with Crippen molar-refractivity contribution < 1.29 is 29.0 Å². The zero-order chi connectivity index (χ0) is 33.0. The number of alkyl carbamates (subject to hydrolysis) is 1. The summed E-state index contributed by atoms with van der Waals surface area (Å²) in [5, 5.41) is 12.0. The summed E-state index contributed by atoms with van der Waals surface area (Å²) in [6, 6.07) is 0. The van der Waals surface area contributed by atoms with Crippen LogP contribution in [0, 0.1) is 52.8 Å². The molecule has 3 saturated carbocycles. The van der Waals surface area contributed by atoms with E-state index < -0.39 is 17.7 Å². The predicted octanol–water partition coefficient (Wildman–Crippen LogP) is 7.41. The first-order chi connectivity index (χ1) is 22.0. The normalized spacial score (nSPS) is 34.4. The number of hydrogen-bond donors (Lipinski definition) is 2. The molecule has 4 fully saturated rings. The molecular weight excluding hydrogens is 580 g/mol. The molecule has 9 atom stereocenters. The SMILES string of the molecule is CC(C)CCCC(C)[C@H]1CCC2C3CC=C4C[C@@H](OC(=O)NCCCCCC(=O)N5CC(=O)C(C(=O)O)C5)CCC4C3CC[C@@]21C. The fraction of sp³-hybridized carbons (Fsp3) is 0.842. The van der Waals surface area contributed by atoms with E-state index >= 15 is 0 Å². The Morgan fingerprint density at radius 2 is 1.83 bits per heavy atom. The third kappa shape index (κ3) is 7.84. The second kappa shape index (κ2) is 15.2.